The van der Waals surface area contributed by atoms with Crippen LogP contribution in [0.5, 0.6) is 11.5 Å². The lowest BCUT2D eigenvalue weighted by Gasteiger charge is -2.32. The highest BCUT2D eigenvalue weighted by molar-refractivity contribution is 6.05. The SMILES string of the molecule is N=C(N)c1c(N)cc(C2CCN(C(=O)Nc3ccccc3)CC2)nc1-c1ccc(Oc2ccccc2)cc1. The van der Waals surface area contributed by atoms with Crippen LogP contribution in [0.15, 0.2) is 91.0 Å². The number of amides is 2. The van der Waals surface area contributed by atoms with Crippen molar-refractivity contribution in [1.82, 2.24) is 9.88 Å². The van der Waals surface area contributed by atoms with E-state index in [1.165, 1.54) is 0 Å². The van der Waals surface area contributed by atoms with Gasteiger partial charge in [0.1, 0.15) is 17.3 Å². The van der Waals surface area contributed by atoms with Crippen molar-refractivity contribution in [2.75, 3.05) is 24.1 Å². The minimum Gasteiger partial charge on any atom is -0.457 e. The molecule has 0 saturated carbocycles. The molecule has 1 aliphatic heterocycles. The van der Waals surface area contributed by atoms with Gasteiger partial charge in [-0.05, 0) is 67.4 Å². The summed E-state index contributed by atoms with van der Waals surface area (Å²) in [5, 5.41) is 11.1. The van der Waals surface area contributed by atoms with Gasteiger partial charge >= 0.3 is 6.03 Å². The van der Waals surface area contributed by atoms with Crippen LogP contribution in [0, 0.1) is 5.41 Å². The zero-order valence-electron chi connectivity index (χ0n) is 20.9. The summed E-state index contributed by atoms with van der Waals surface area (Å²) in [6.45, 7) is 1.22. The number of anilines is 2. The first-order valence-corrected chi connectivity index (χ1v) is 12.6. The first kappa shape index (κ1) is 24.8. The molecule has 8 heteroatoms. The molecular formula is C30H30N6O2. The molecule has 0 radical (unpaired) electrons. The highest BCUT2D eigenvalue weighted by atomic mass is 16.5. The number of carbonyl (C=O) groups excluding carboxylic acids is 1. The van der Waals surface area contributed by atoms with Crippen LogP contribution in [-0.2, 0) is 0 Å². The molecule has 192 valence electrons. The lowest BCUT2D eigenvalue weighted by Crippen LogP contribution is -2.40. The fourth-order valence-electron chi connectivity index (χ4n) is 4.69. The number of rotatable bonds is 6. The van der Waals surface area contributed by atoms with E-state index in [0.717, 1.165) is 35.5 Å². The average Bonchev–Trinajstić information content (AvgIpc) is 2.94. The Balaban J connectivity index is 1.33. The van der Waals surface area contributed by atoms with E-state index in [9.17, 15) is 4.79 Å². The van der Waals surface area contributed by atoms with Crippen molar-refractivity contribution in [3.05, 3.63) is 102 Å². The first-order chi connectivity index (χ1) is 18.5. The van der Waals surface area contributed by atoms with Gasteiger partial charge < -0.3 is 26.4 Å². The van der Waals surface area contributed by atoms with Crippen LogP contribution >= 0.6 is 0 Å². The van der Waals surface area contributed by atoms with Gasteiger partial charge in [-0.15, -0.1) is 0 Å². The fourth-order valence-corrected chi connectivity index (χ4v) is 4.69. The van der Waals surface area contributed by atoms with E-state index in [1.807, 2.05) is 95.9 Å². The topological polar surface area (TPSA) is 130 Å². The van der Waals surface area contributed by atoms with E-state index in [0.29, 0.717) is 35.8 Å². The first-order valence-electron chi connectivity index (χ1n) is 12.6. The lowest BCUT2D eigenvalue weighted by molar-refractivity contribution is 0.194. The molecule has 1 saturated heterocycles. The summed E-state index contributed by atoms with van der Waals surface area (Å²) in [4.78, 5) is 19.5. The van der Waals surface area contributed by atoms with Crippen molar-refractivity contribution in [3.63, 3.8) is 0 Å². The molecule has 6 N–H and O–H groups in total. The number of nitrogen functional groups attached to an aromatic ring is 2. The molecule has 38 heavy (non-hydrogen) atoms. The Morgan fingerprint density at radius 3 is 2.16 bits per heavy atom. The van der Waals surface area contributed by atoms with E-state index in [-0.39, 0.29) is 17.8 Å². The number of nitrogens with zero attached hydrogens (tertiary/aromatic N) is 2. The summed E-state index contributed by atoms with van der Waals surface area (Å²) in [6, 6.07) is 28.2. The van der Waals surface area contributed by atoms with Crippen molar-refractivity contribution in [3.8, 4) is 22.8 Å². The highest BCUT2D eigenvalue weighted by Gasteiger charge is 2.26. The third-order valence-electron chi connectivity index (χ3n) is 6.67. The third-order valence-corrected chi connectivity index (χ3v) is 6.67. The number of piperidine rings is 1. The zero-order valence-corrected chi connectivity index (χ0v) is 20.9. The van der Waals surface area contributed by atoms with Gasteiger partial charge in [0, 0.05) is 41.6 Å². The van der Waals surface area contributed by atoms with E-state index >= 15 is 0 Å². The number of hydrogen-bond donors (Lipinski definition) is 4. The molecule has 0 aliphatic carbocycles. The highest BCUT2D eigenvalue weighted by Crippen LogP contribution is 2.34. The van der Waals surface area contributed by atoms with Gasteiger partial charge in [0.25, 0.3) is 0 Å². The second kappa shape index (κ2) is 11.0. The average molecular weight is 507 g/mol. The molecule has 0 bridgehead atoms. The minimum atomic E-state index is -0.131. The lowest BCUT2D eigenvalue weighted by atomic mass is 9.91. The molecule has 1 fully saturated rings. The number of amidine groups is 1. The summed E-state index contributed by atoms with van der Waals surface area (Å²) in [7, 11) is 0. The molecule has 8 nitrogen and oxygen atoms in total. The molecule has 5 rings (SSSR count). The second-order valence-electron chi connectivity index (χ2n) is 9.27. The number of para-hydroxylation sites is 2. The minimum absolute atomic E-state index is 0.104. The van der Waals surface area contributed by atoms with E-state index in [4.69, 9.17) is 26.6 Å². The molecule has 1 aliphatic rings. The molecule has 1 aromatic heterocycles. The largest absolute Gasteiger partial charge is 0.457 e. The number of pyridine rings is 1. The number of aromatic nitrogens is 1. The quantitative estimate of drug-likeness (QED) is 0.193. The summed E-state index contributed by atoms with van der Waals surface area (Å²) >= 11 is 0. The van der Waals surface area contributed by atoms with Gasteiger partial charge in [0.05, 0.1) is 11.3 Å². The predicted molar refractivity (Wildman–Crippen MR) is 151 cm³/mol. The van der Waals surface area contributed by atoms with Crippen LogP contribution in [0.3, 0.4) is 0 Å². The molecule has 0 atom stereocenters. The van der Waals surface area contributed by atoms with Crippen LogP contribution in [0.25, 0.3) is 11.3 Å². The monoisotopic (exact) mass is 506 g/mol. The maximum atomic E-state index is 12.7. The smallest absolute Gasteiger partial charge is 0.321 e. The van der Waals surface area contributed by atoms with Crippen LogP contribution in [0.2, 0.25) is 0 Å². The van der Waals surface area contributed by atoms with E-state index < -0.39 is 0 Å². The Morgan fingerprint density at radius 1 is 0.921 bits per heavy atom. The van der Waals surface area contributed by atoms with Gasteiger partial charge in [0.15, 0.2) is 0 Å². The van der Waals surface area contributed by atoms with Crippen molar-refractivity contribution in [1.29, 1.82) is 5.41 Å². The number of likely N-dealkylation sites (tertiary alicyclic amines) is 1. The van der Waals surface area contributed by atoms with Crippen LogP contribution in [0.1, 0.15) is 30.0 Å². The van der Waals surface area contributed by atoms with Crippen LogP contribution < -0.4 is 21.5 Å². The number of urea groups is 1. The fraction of sp³-hybridized carbons (Fsp3) is 0.167. The van der Waals surface area contributed by atoms with Crippen molar-refractivity contribution in [2.45, 2.75) is 18.8 Å². The Hall–Kier alpha value is -4.85. The molecule has 3 aromatic carbocycles. The second-order valence-corrected chi connectivity index (χ2v) is 9.27. The van der Waals surface area contributed by atoms with E-state index in [1.54, 1.807) is 0 Å². The van der Waals surface area contributed by atoms with Gasteiger partial charge in [-0.1, -0.05) is 36.4 Å². The van der Waals surface area contributed by atoms with Crippen LogP contribution in [-0.4, -0.2) is 34.8 Å². The molecule has 2 heterocycles. The number of benzene rings is 3. The van der Waals surface area contributed by atoms with Gasteiger partial charge in [0.2, 0.25) is 0 Å². The molecule has 0 unspecified atom stereocenters. The normalized spacial score (nSPS) is 13.6. The molecular weight excluding hydrogens is 476 g/mol. The van der Waals surface area contributed by atoms with Gasteiger partial charge in [-0.3, -0.25) is 10.4 Å². The predicted octanol–water partition coefficient (Wildman–Crippen LogP) is 5.82. The van der Waals surface area contributed by atoms with Gasteiger partial charge in [-0.2, -0.15) is 0 Å². The maximum absolute atomic E-state index is 12.7. The number of nitrogens with one attached hydrogen (secondary N) is 2. The summed E-state index contributed by atoms with van der Waals surface area (Å²) < 4.78 is 5.91. The van der Waals surface area contributed by atoms with Crippen molar-refractivity contribution < 1.29 is 9.53 Å². The number of nitrogens with two attached hydrogens (primary N) is 2. The number of ether oxygens (including phenoxy) is 1. The third kappa shape index (κ3) is 5.59. The van der Waals surface area contributed by atoms with E-state index in [2.05, 4.69) is 5.32 Å². The summed E-state index contributed by atoms with van der Waals surface area (Å²) in [5.41, 5.74) is 16.1. The standard InChI is InChI=1S/C30H30N6O2/c31-25-19-26(20-15-17-36(18-16-20)30(37)34-22-7-3-1-4-8-22)35-28(27(25)29(32)33)21-11-13-24(14-12-21)38-23-9-5-2-6-10-23/h1-14,19-20H,15-18H2,(H2,31,35)(H3,32,33)(H,34,37). The van der Waals surface area contributed by atoms with Crippen molar-refractivity contribution >= 4 is 23.2 Å². The Labute approximate surface area is 221 Å². The van der Waals surface area contributed by atoms with Gasteiger partial charge in [-0.25, -0.2) is 4.79 Å². The maximum Gasteiger partial charge on any atom is 0.321 e. The number of hydrogen-bond acceptors (Lipinski definition) is 5. The Kier molecular flexibility index (Phi) is 7.21. The molecule has 2 amide bonds. The molecule has 4 aromatic rings. The summed E-state index contributed by atoms with van der Waals surface area (Å²) in [5.74, 6) is 1.44. The zero-order chi connectivity index (χ0) is 26.5. The number of carbonyl (C=O) groups is 1. The van der Waals surface area contributed by atoms with Crippen molar-refractivity contribution in [2.24, 2.45) is 5.73 Å². The Morgan fingerprint density at radius 2 is 1.53 bits per heavy atom. The van der Waals surface area contributed by atoms with Crippen LogP contribution in [0.4, 0.5) is 16.2 Å². The summed E-state index contributed by atoms with van der Waals surface area (Å²) in [6.07, 6.45) is 1.52. The Bertz CT molecular complexity index is 1420. The molecule has 0 spiro atoms.